The molecule has 3 nitrogen and oxygen atoms in total. The first kappa shape index (κ1) is 18.9. The van der Waals surface area contributed by atoms with Crippen LogP contribution in [0, 0.1) is 18.6 Å². The van der Waals surface area contributed by atoms with E-state index >= 15 is 0 Å². The van der Waals surface area contributed by atoms with Crippen LogP contribution in [0.5, 0.6) is 5.75 Å². The third-order valence-corrected chi connectivity index (χ3v) is 3.96. The van der Waals surface area contributed by atoms with Gasteiger partial charge in [0.1, 0.15) is 17.4 Å². The van der Waals surface area contributed by atoms with Gasteiger partial charge in [-0.3, -0.25) is 4.79 Å². The molecule has 1 amide bonds. The number of rotatable bonds is 6. The van der Waals surface area contributed by atoms with Gasteiger partial charge in [-0.1, -0.05) is 32.0 Å². The average Bonchev–Trinajstić information content (AvgIpc) is 2.52. The van der Waals surface area contributed by atoms with Gasteiger partial charge in [0.05, 0.1) is 6.04 Å². The lowest BCUT2D eigenvalue weighted by Crippen LogP contribution is -2.31. The molecule has 5 heteroatoms. The van der Waals surface area contributed by atoms with Gasteiger partial charge < -0.3 is 10.1 Å². The first-order valence-corrected chi connectivity index (χ1v) is 8.25. The Morgan fingerprint density at radius 2 is 1.76 bits per heavy atom. The summed E-state index contributed by atoms with van der Waals surface area (Å²) in [6, 6.07) is 8.60. The molecule has 1 N–H and O–H groups in total. The first-order valence-electron chi connectivity index (χ1n) is 8.25. The zero-order chi connectivity index (χ0) is 18.6. The number of carbonyl (C=O) groups excluding carboxylic acids is 1. The highest BCUT2D eigenvalue weighted by atomic mass is 19.1. The minimum atomic E-state index is -0.686. The highest BCUT2D eigenvalue weighted by Crippen LogP contribution is 2.27. The van der Waals surface area contributed by atoms with Crippen LogP contribution in [0.15, 0.2) is 36.4 Å². The third kappa shape index (κ3) is 5.02. The van der Waals surface area contributed by atoms with Crippen LogP contribution in [0.3, 0.4) is 0 Å². The first-order chi connectivity index (χ1) is 11.8. The molecule has 134 valence electrons. The molecule has 0 radical (unpaired) electrons. The second kappa shape index (κ2) is 8.10. The van der Waals surface area contributed by atoms with Gasteiger partial charge in [-0.25, -0.2) is 8.78 Å². The molecule has 2 aromatic rings. The van der Waals surface area contributed by atoms with Crippen LogP contribution in [0.2, 0.25) is 0 Å². The van der Waals surface area contributed by atoms with E-state index in [1.807, 2.05) is 25.1 Å². The Balaban J connectivity index is 2.00. The van der Waals surface area contributed by atoms with Crippen molar-refractivity contribution in [3.05, 3.63) is 64.7 Å². The third-order valence-electron chi connectivity index (χ3n) is 3.96. The summed E-state index contributed by atoms with van der Waals surface area (Å²) in [5.41, 5.74) is 2.30. The topological polar surface area (TPSA) is 38.3 Å². The van der Waals surface area contributed by atoms with Crippen LogP contribution in [0.1, 0.15) is 49.4 Å². The van der Waals surface area contributed by atoms with E-state index in [1.54, 1.807) is 6.92 Å². The molecule has 25 heavy (non-hydrogen) atoms. The monoisotopic (exact) mass is 347 g/mol. The van der Waals surface area contributed by atoms with Crippen LogP contribution in [0.25, 0.3) is 0 Å². The molecule has 1 atom stereocenters. The Morgan fingerprint density at radius 3 is 2.40 bits per heavy atom. The van der Waals surface area contributed by atoms with Crippen molar-refractivity contribution in [2.75, 3.05) is 6.61 Å². The van der Waals surface area contributed by atoms with Crippen molar-refractivity contribution in [1.29, 1.82) is 0 Å². The van der Waals surface area contributed by atoms with E-state index in [4.69, 9.17) is 4.74 Å². The Bertz CT molecular complexity index is 759. The van der Waals surface area contributed by atoms with Gasteiger partial charge in [0.25, 0.3) is 5.91 Å². The van der Waals surface area contributed by atoms with Gasteiger partial charge >= 0.3 is 0 Å². The molecule has 0 aliphatic heterocycles. The summed E-state index contributed by atoms with van der Waals surface area (Å²) in [5.74, 6) is -0.762. The van der Waals surface area contributed by atoms with Gasteiger partial charge in [-0.05, 0) is 43.0 Å². The molecule has 0 spiro atoms. The van der Waals surface area contributed by atoms with Gasteiger partial charge in [-0.15, -0.1) is 0 Å². The lowest BCUT2D eigenvalue weighted by atomic mass is 10.0. The van der Waals surface area contributed by atoms with E-state index in [2.05, 4.69) is 19.2 Å². The predicted molar refractivity (Wildman–Crippen MR) is 93.7 cm³/mol. The number of ether oxygens (including phenoxy) is 1. The van der Waals surface area contributed by atoms with Crippen LogP contribution < -0.4 is 10.1 Å². The van der Waals surface area contributed by atoms with Crippen molar-refractivity contribution in [2.24, 2.45) is 0 Å². The fourth-order valence-electron chi connectivity index (χ4n) is 2.60. The lowest BCUT2D eigenvalue weighted by molar-refractivity contribution is -0.123. The van der Waals surface area contributed by atoms with Crippen molar-refractivity contribution >= 4 is 5.91 Å². The molecule has 2 rings (SSSR count). The minimum Gasteiger partial charge on any atom is -0.483 e. The van der Waals surface area contributed by atoms with Gasteiger partial charge in [-0.2, -0.15) is 0 Å². The molecule has 0 aliphatic rings. The quantitative estimate of drug-likeness (QED) is 0.826. The van der Waals surface area contributed by atoms with E-state index < -0.39 is 17.7 Å². The predicted octanol–water partition coefficient (Wildman–Crippen LogP) is 4.65. The number of halogens is 2. The Morgan fingerprint density at radius 1 is 1.08 bits per heavy atom. The van der Waals surface area contributed by atoms with Crippen molar-refractivity contribution in [1.82, 2.24) is 5.32 Å². The number of hydrogen-bond donors (Lipinski definition) is 1. The minimum absolute atomic E-state index is 0.170. The molecule has 1 unspecified atom stereocenters. The molecular formula is C20H23F2NO2. The van der Waals surface area contributed by atoms with E-state index in [0.29, 0.717) is 5.75 Å². The summed E-state index contributed by atoms with van der Waals surface area (Å²) in [6.45, 7) is 7.53. The normalized spacial score (nSPS) is 12.1. The van der Waals surface area contributed by atoms with E-state index in [-0.39, 0.29) is 24.0 Å². The maximum atomic E-state index is 13.8. The highest BCUT2D eigenvalue weighted by Gasteiger charge is 2.15. The maximum absolute atomic E-state index is 13.8. The number of benzene rings is 2. The molecule has 0 aromatic heterocycles. The van der Waals surface area contributed by atoms with Gasteiger partial charge in [0, 0.05) is 11.6 Å². The highest BCUT2D eigenvalue weighted by molar-refractivity contribution is 5.78. The Labute approximate surface area is 147 Å². The van der Waals surface area contributed by atoms with Gasteiger partial charge in [0.15, 0.2) is 6.61 Å². The van der Waals surface area contributed by atoms with Gasteiger partial charge in [0.2, 0.25) is 0 Å². The SMILES string of the molecule is Cc1ccc(C(C)C)c(OCC(=O)NC(C)c2ccc(F)cc2F)c1. The standard InChI is InChI=1S/C20H23F2NO2/c1-12(2)16-7-5-13(3)9-19(16)25-11-20(24)23-14(4)17-8-6-15(21)10-18(17)22/h5-10,12,14H,11H2,1-4H3,(H,23,24). The van der Waals surface area contributed by atoms with Crippen molar-refractivity contribution in [3.63, 3.8) is 0 Å². The molecular weight excluding hydrogens is 324 g/mol. The molecule has 0 heterocycles. The second-order valence-corrected chi connectivity index (χ2v) is 6.44. The second-order valence-electron chi connectivity index (χ2n) is 6.44. The van der Waals surface area contributed by atoms with Crippen LogP contribution in [-0.4, -0.2) is 12.5 Å². The summed E-state index contributed by atoms with van der Waals surface area (Å²) in [6.07, 6.45) is 0. The van der Waals surface area contributed by atoms with E-state index in [9.17, 15) is 13.6 Å². The number of amides is 1. The molecule has 2 aromatic carbocycles. The number of carbonyl (C=O) groups is 1. The summed E-state index contributed by atoms with van der Waals surface area (Å²) < 4.78 is 32.4. The Hall–Kier alpha value is -2.43. The number of aryl methyl sites for hydroxylation is 1. The largest absolute Gasteiger partial charge is 0.483 e. The molecule has 0 aliphatic carbocycles. The van der Waals surface area contributed by atoms with Crippen LogP contribution >= 0.6 is 0 Å². The van der Waals surface area contributed by atoms with Crippen LogP contribution in [-0.2, 0) is 4.79 Å². The van der Waals surface area contributed by atoms with Crippen molar-refractivity contribution in [3.8, 4) is 5.75 Å². The number of nitrogens with one attached hydrogen (secondary N) is 1. The summed E-state index contributed by atoms with van der Waals surface area (Å²) in [5, 5.41) is 2.66. The average molecular weight is 347 g/mol. The Kier molecular flexibility index (Phi) is 6.12. The molecule has 0 saturated carbocycles. The summed E-state index contributed by atoms with van der Waals surface area (Å²) in [7, 11) is 0. The summed E-state index contributed by atoms with van der Waals surface area (Å²) in [4.78, 5) is 12.1. The zero-order valence-electron chi connectivity index (χ0n) is 14.9. The smallest absolute Gasteiger partial charge is 0.258 e. The van der Waals surface area contributed by atoms with Crippen molar-refractivity contribution < 1.29 is 18.3 Å². The zero-order valence-corrected chi connectivity index (χ0v) is 14.9. The lowest BCUT2D eigenvalue weighted by Gasteiger charge is -2.17. The molecule has 0 saturated heterocycles. The maximum Gasteiger partial charge on any atom is 0.258 e. The molecule has 0 fully saturated rings. The fourth-order valence-corrected chi connectivity index (χ4v) is 2.60. The molecule has 0 bridgehead atoms. The summed E-state index contributed by atoms with van der Waals surface area (Å²) >= 11 is 0. The number of hydrogen-bond acceptors (Lipinski definition) is 2. The van der Waals surface area contributed by atoms with E-state index in [0.717, 1.165) is 17.2 Å². The fraction of sp³-hybridized carbons (Fsp3) is 0.350. The van der Waals surface area contributed by atoms with Crippen molar-refractivity contribution in [2.45, 2.75) is 39.7 Å². The van der Waals surface area contributed by atoms with Crippen LogP contribution in [0.4, 0.5) is 8.78 Å². The van der Waals surface area contributed by atoms with E-state index in [1.165, 1.54) is 12.1 Å².